The summed E-state index contributed by atoms with van der Waals surface area (Å²) in [6.45, 7) is 3.50. The summed E-state index contributed by atoms with van der Waals surface area (Å²) in [5.74, 6) is 0.940. The average molecular weight is 322 g/mol. The van der Waals surface area contributed by atoms with Gasteiger partial charge < -0.3 is 14.8 Å². The van der Waals surface area contributed by atoms with Gasteiger partial charge in [0.25, 0.3) is 0 Å². The molecule has 0 radical (unpaired) electrons. The molecular formula is C11H17INO2+. The molecule has 1 aromatic rings. The second kappa shape index (κ2) is 7.90. The van der Waals surface area contributed by atoms with E-state index in [1.54, 1.807) is 7.11 Å². The molecular weight excluding hydrogens is 305 g/mol. The third kappa shape index (κ3) is 5.96. The molecule has 0 spiro atoms. The molecule has 0 saturated heterocycles. The van der Waals surface area contributed by atoms with Crippen molar-refractivity contribution in [1.29, 1.82) is 0 Å². The predicted octanol–water partition coefficient (Wildman–Crippen LogP) is 0.880. The summed E-state index contributed by atoms with van der Waals surface area (Å²) in [6, 6.07) is 8.09. The summed E-state index contributed by atoms with van der Waals surface area (Å²) in [7, 11) is 1.72. The predicted molar refractivity (Wildman–Crippen MR) is 68.2 cm³/mol. The molecule has 0 unspecified atom stereocenters. The van der Waals surface area contributed by atoms with Gasteiger partial charge in [-0.1, -0.05) is 0 Å². The van der Waals surface area contributed by atoms with Gasteiger partial charge in [-0.05, 0) is 46.9 Å². The second-order valence-corrected chi connectivity index (χ2v) is 4.41. The number of hydrogen-bond acceptors (Lipinski definition) is 2. The maximum atomic E-state index is 5.57. The molecule has 0 aliphatic heterocycles. The molecule has 0 aliphatic carbocycles. The molecule has 1 aromatic carbocycles. The van der Waals surface area contributed by atoms with Crippen LogP contribution in [0.3, 0.4) is 0 Å². The van der Waals surface area contributed by atoms with Crippen molar-refractivity contribution in [3.63, 3.8) is 0 Å². The number of quaternary nitrogens is 1. The maximum absolute atomic E-state index is 5.57. The molecule has 3 nitrogen and oxygen atoms in total. The molecule has 15 heavy (non-hydrogen) atoms. The fourth-order valence-electron chi connectivity index (χ4n) is 1.14. The van der Waals surface area contributed by atoms with Gasteiger partial charge in [0.05, 0.1) is 13.2 Å². The number of rotatable bonds is 7. The van der Waals surface area contributed by atoms with Gasteiger partial charge in [0.2, 0.25) is 0 Å². The molecule has 0 aliphatic rings. The van der Waals surface area contributed by atoms with Crippen molar-refractivity contribution in [2.75, 3.05) is 33.4 Å². The maximum Gasteiger partial charge on any atom is 0.137 e. The molecule has 0 aromatic heterocycles. The van der Waals surface area contributed by atoms with Crippen molar-refractivity contribution < 1.29 is 14.8 Å². The Kier molecular flexibility index (Phi) is 6.71. The Bertz CT molecular complexity index is 264. The van der Waals surface area contributed by atoms with E-state index >= 15 is 0 Å². The standard InChI is InChI=1S/C11H16INO2/c1-14-8-6-13-7-9-15-11-4-2-10(12)3-5-11/h2-5,13H,6-9H2,1H3/p+1. The molecule has 0 atom stereocenters. The molecule has 0 amide bonds. The lowest BCUT2D eigenvalue weighted by atomic mass is 10.3. The van der Waals surface area contributed by atoms with Gasteiger partial charge in [-0.2, -0.15) is 0 Å². The first-order valence-corrected chi connectivity index (χ1v) is 6.10. The molecule has 4 heteroatoms. The van der Waals surface area contributed by atoms with Crippen LogP contribution >= 0.6 is 22.6 Å². The van der Waals surface area contributed by atoms with Crippen molar-refractivity contribution in [2.24, 2.45) is 0 Å². The summed E-state index contributed by atoms with van der Waals surface area (Å²) in [6.07, 6.45) is 0. The fraction of sp³-hybridized carbons (Fsp3) is 0.455. The van der Waals surface area contributed by atoms with E-state index in [1.165, 1.54) is 3.57 Å². The molecule has 1 rings (SSSR count). The summed E-state index contributed by atoms with van der Waals surface area (Å²) in [4.78, 5) is 0. The number of ether oxygens (including phenoxy) is 2. The number of benzene rings is 1. The molecule has 0 saturated carbocycles. The van der Waals surface area contributed by atoms with E-state index in [0.29, 0.717) is 0 Å². The first-order valence-electron chi connectivity index (χ1n) is 5.02. The highest BCUT2D eigenvalue weighted by Crippen LogP contribution is 2.12. The smallest absolute Gasteiger partial charge is 0.137 e. The normalized spacial score (nSPS) is 10.3. The lowest BCUT2D eigenvalue weighted by Crippen LogP contribution is -2.86. The first-order chi connectivity index (χ1) is 7.33. The van der Waals surface area contributed by atoms with Crippen LogP contribution in [0.5, 0.6) is 5.75 Å². The Morgan fingerprint density at radius 3 is 2.47 bits per heavy atom. The summed E-state index contributed by atoms with van der Waals surface area (Å²) < 4.78 is 11.7. The minimum Gasteiger partial charge on any atom is -0.488 e. The van der Waals surface area contributed by atoms with Crippen LogP contribution in [0.4, 0.5) is 0 Å². The molecule has 0 fully saturated rings. The highest BCUT2D eigenvalue weighted by molar-refractivity contribution is 14.1. The van der Waals surface area contributed by atoms with Crippen LogP contribution in [-0.4, -0.2) is 33.4 Å². The topological polar surface area (TPSA) is 35.1 Å². The largest absolute Gasteiger partial charge is 0.488 e. The van der Waals surface area contributed by atoms with Gasteiger partial charge in [0.1, 0.15) is 18.9 Å². The van der Waals surface area contributed by atoms with Gasteiger partial charge >= 0.3 is 0 Å². The van der Waals surface area contributed by atoms with Crippen molar-refractivity contribution in [2.45, 2.75) is 0 Å². The van der Waals surface area contributed by atoms with Crippen molar-refractivity contribution in [3.05, 3.63) is 27.8 Å². The van der Waals surface area contributed by atoms with Crippen LogP contribution in [0.15, 0.2) is 24.3 Å². The Hall–Kier alpha value is -0.330. The third-order valence-corrected chi connectivity index (χ3v) is 2.65. The van der Waals surface area contributed by atoms with Crippen LogP contribution in [-0.2, 0) is 4.74 Å². The van der Waals surface area contributed by atoms with Gasteiger partial charge in [0.15, 0.2) is 0 Å². The van der Waals surface area contributed by atoms with E-state index in [9.17, 15) is 0 Å². The molecule has 0 heterocycles. The highest BCUT2D eigenvalue weighted by atomic mass is 127. The zero-order chi connectivity index (χ0) is 10.9. The second-order valence-electron chi connectivity index (χ2n) is 3.16. The number of hydrogen-bond donors (Lipinski definition) is 1. The fourth-order valence-corrected chi connectivity index (χ4v) is 1.50. The van der Waals surface area contributed by atoms with Crippen molar-refractivity contribution in [3.8, 4) is 5.75 Å². The van der Waals surface area contributed by atoms with Crippen LogP contribution in [0, 0.1) is 3.57 Å². The Morgan fingerprint density at radius 1 is 1.13 bits per heavy atom. The lowest BCUT2D eigenvalue weighted by molar-refractivity contribution is -0.656. The minimum absolute atomic E-state index is 0.740. The highest BCUT2D eigenvalue weighted by Gasteiger charge is 1.94. The van der Waals surface area contributed by atoms with Crippen LogP contribution in [0.2, 0.25) is 0 Å². The van der Waals surface area contributed by atoms with E-state index in [2.05, 4.69) is 27.9 Å². The van der Waals surface area contributed by atoms with Gasteiger partial charge in [-0.25, -0.2) is 0 Å². The monoisotopic (exact) mass is 322 g/mol. The summed E-state index contributed by atoms with van der Waals surface area (Å²) in [5.41, 5.74) is 0. The lowest BCUT2D eigenvalue weighted by Gasteiger charge is -2.05. The van der Waals surface area contributed by atoms with E-state index in [4.69, 9.17) is 9.47 Å². The van der Waals surface area contributed by atoms with E-state index in [0.717, 1.165) is 32.1 Å². The average Bonchev–Trinajstić information content (AvgIpc) is 2.26. The number of methoxy groups -OCH3 is 1. The van der Waals surface area contributed by atoms with Gasteiger partial charge in [0, 0.05) is 10.7 Å². The van der Waals surface area contributed by atoms with Crippen LogP contribution in [0.25, 0.3) is 0 Å². The molecule has 0 bridgehead atoms. The Balaban J connectivity index is 2.07. The van der Waals surface area contributed by atoms with Gasteiger partial charge in [-0.15, -0.1) is 0 Å². The van der Waals surface area contributed by atoms with Crippen molar-refractivity contribution >= 4 is 22.6 Å². The zero-order valence-electron chi connectivity index (χ0n) is 8.91. The SMILES string of the molecule is COCC[NH2+]CCOc1ccc(I)cc1. The van der Waals surface area contributed by atoms with Crippen LogP contribution in [0.1, 0.15) is 0 Å². The van der Waals surface area contributed by atoms with E-state index in [1.807, 2.05) is 24.3 Å². The zero-order valence-corrected chi connectivity index (χ0v) is 11.1. The number of nitrogens with two attached hydrogens (primary N) is 1. The molecule has 2 N–H and O–H groups in total. The Labute approximate surface area is 104 Å². The van der Waals surface area contributed by atoms with Gasteiger partial charge in [-0.3, -0.25) is 0 Å². The van der Waals surface area contributed by atoms with E-state index in [-0.39, 0.29) is 0 Å². The third-order valence-electron chi connectivity index (χ3n) is 1.93. The summed E-state index contributed by atoms with van der Waals surface area (Å²) >= 11 is 2.28. The quantitative estimate of drug-likeness (QED) is 0.597. The minimum atomic E-state index is 0.740. The summed E-state index contributed by atoms with van der Waals surface area (Å²) in [5, 5.41) is 2.19. The first kappa shape index (κ1) is 12.7. The Morgan fingerprint density at radius 2 is 1.80 bits per heavy atom. The van der Waals surface area contributed by atoms with E-state index < -0.39 is 0 Å². The van der Waals surface area contributed by atoms with Crippen LogP contribution < -0.4 is 10.1 Å². The molecule has 84 valence electrons. The number of halogens is 1. The van der Waals surface area contributed by atoms with Crippen molar-refractivity contribution in [1.82, 2.24) is 0 Å².